The van der Waals surface area contributed by atoms with Crippen LogP contribution in [0.5, 0.6) is 0 Å². The first-order valence-electron chi connectivity index (χ1n) is 8.65. The maximum absolute atomic E-state index is 13.0. The molecule has 1 aromatic carbocycles. The minimum Gasteiger partial charge on any atom is -0.480 e. The molecule has 1 aliphatic heterocycles. The Labute approximate surface area is 154 Å². The van der Waals surface area contributed by atoms with Crippen molar-refractivity contribution < 1.29 is 23.1 Å². The van der Waals surface area contributed by atoms with E-state index in [1.165, 1.54) is 11.2 Å². The summed E-state index contributed by atoms with van der Waals surface area (Å²) in [6.45, 7) is 7.41. The maximum atomic E-state index is 13.0. The largest absolute Gasteiger partial charge is 0.480 e. The number of aryl methyl sites for hydroxylation is 3. The third-order valence-electron chi connectivity index (χ3n) is 4.76. The topological polar surface area (TPSA) is 104 Å². The van der Waals surface area contributed by atoms with E-state index < -0.39 is 22.0 Å². The molecule has 1 fully saturated rings. The molecule has 8 heteroatoms. The number of carbonyl (C=O) groups excluding carboxylic acids is 1. The van der Waals surface area contributed by atoms with E-state index >= 15 is 0 Å². The van der Waals surface area contributed by atoms with Gasteiger partial charge in [-0.05, 0) is 51.7 Å². The van der Waals surface area contributed by atoms with Crippen LogP contribution < -0.4 is 5.32 Å². The van der Waals surface area contributed by atoms with Gasteiger partial charge in [-0.15, -0.1) is 0 Å². The van der Waals surface area contributed by atoms with E-state index in [0.29, 0.717) is 17.7 Å². The number of carboxylic acids is 1. The van der Waals surface area contributed by atoms with Gasteiger partial charge in [0.1, 0.15) is 6.04 Å². The molecule has 1 heterocycles. The summed E-state index contributed by atoms with van der Waals surface area (Å²) in [5.74, 6) is -1.80. The molecule has 2 N–H and O–H groups in total. The number of carbonyl (C=O) groups is 2. The summed E-state index contributed by atoms with van der Waals surface area (Å²) in [7, 11) is -3.62. The van der Waals surface area contributed by atoms with Crippen LogP contribution in [0.2, 0.25) is 0 Å². The van der Waals surface area contributed by atoms with Crippen LogP contribution in [-0.4, -0.2) is 48.8 Å². The molecule has 0 spiro atoms. The zero-order chi connectivity index (χ0) is 19.6. The number of carboxylic acid groups (broad SMARTS) is 1. The van der Waals surface area contributed by atoms with E-state index in [1.807, 2.05) is 19.1 Å². The molecule has 0 bridgehead atoms. The van der Waals surface area contributed by atoms with Gasteiger partial charge in [0.2, 0.25) is 15.9 Å². The average Bonchev–Trinajstić information content (AvgIpc) is 2.53. The van der Waals surface area contributed by atoms with E-state index in [2.05, 4.69) is 5.32 Å². The van der Waals surface area contributed by atoms with E-state index in [4.69, 9.17) is 5.11 Å². The average molecular weight is 382 g/mol. The molecule has 1 aromatic rings. The van der Waals surface area contributed by atoms with E-state index in [9.17, 15) is 18.0 Å². The molecule has 1 aliphatic rings. The SMILES string of the molecule is Cc1cc(C)c(S(=O)(=O)N2CCC(C(=O)N[C@H](C)C(=O)O)CC2)c(C)c1. The zero-order valence-corrected chi connectivity index (χ0v) is 16.4. The Morgan fingerprint density at radius 2 is 1.65 bits per heavy atom. The highest BCUT2D eigenvalue weighted by Gasteiger charge is 2.34. The van der Waals surface area contributed by atoms with Crippen molar-refractivity contribution in [2.24, 2.45) is 5.92 Å². The van der Waals surface area contributed by atoms with E-state index in [1.54, 1.807) is 13.8 Å². The van der Waals surface area contributed by atoms with Crippen molar-refractivity contribution in [1.29, 1.82) is 0 Å². The van der Waals surface area contributed by atoms with Gasteiger partial charge in [-0.25, -0.2) is 8.42 Å². The summed E-state index contributed by atoms with van der Waals surface area (Å²) in [6, 6.07) is 2.75. The first-order valence-corrected chi connectivity index (χ1v) is 10.1. The van der Waals surface area contributed by atoms with Crippen molar-refractivity contribution in [2.45, 2.75) is 51.5 Å². The molecule has 26 heavy (non-hydrogen) atoms. The molecule has 1 amide bonds. The molecule has 1 saturated heterocycles. The standard InChI is InChI=1S/C18H26N2O5S/c1-11-9-12(2)16(13(3)10-11)26(24,25)20-7-5-15(6-8-20)17(21)19-14(4)18(22)23/h9-10,14-15H,5-8H2,1-4H3,(H,19,21)(H,22,23)/t14-/m1/s1. The highest BCUT2D eigenvalue weighted by Crippen LogP contribution is 2.28. The van der Waals surface area contributed by atoms with Crippen molar-refractivity contribution in [3.63, 3.8) is 0 Å². The normalized spacial score (nSPS) is 17.7. The molecule has 1 atom stereocenters. The van der Waals surface area contributed by atoms with Gasteiger partial charge in [-0.3, -0.25) is 9.59 Å². The number of rotatable bonds is 5. The number of hydrogen-bond donors (Lipinski definition) is 2. The molecule has 0 saturated carbocycles. The van der Waals surface area contributed by atoms with Gasteiger partial charge in [0, 0.05) is 19.0 Å². The lowest BCUT2D eigenvalue weighted by molar-refractivity contribution is -0.142. The van der Waals surface area contributed by atoms with Crippen LogP contribution in [0.25, 0.3) is 0 Å². The van der Waals surface area contributed by atoms with Crippen LogP contribution in [-0.2, 0) is 19.6 Å². The molecule has 0 aromatic heterocycles. The lowest BCUT2D eigenvalue weighted by Crippen LogP contribution is -2.46. The second-order valence-corrected chi connectivity index (χ2v) is 8.85. The first kappa shape index (κ1) is 20.4. The summed E-state index contributed by atoms with van der Waals surface area (Å²) in [6.07, 6.45) is 0.753. The van der Waals surface area contributed by atoms with Crippen molar-refractivity contribution in [3.05, 3.63) is 28.8 Å². The number of benzene rings is 1. The monoisotopic (exact) mass is 382 g/mol. The molecule has 0 aliphatic carbocycles. The van der Waals surface area contributed by atoms with Crippen LogP contribution in [0.3, 0.4) is 0 Å². The maximum Gasteiger partial charge on any atom is 0.325 e. The quantitative estimate of drug-likeness (QED) is 0.805. The highest BCUT2D eigenvalue weighted by atomic mass is 32.2. The molecule has 144 valence electrons. The summed E-state index contributed by atoms with van der Waals surface area (Å²) >= 11 is 0. The Morgan fingerprint density at radius 1 is 1.15 bits per heavy atom. The third kappa shape index (κ3) is 4.24. The highest BCUT2D eigenvalue weighted by molar-refractivity contribution is 7.89. The van der Waals surface area contributed by atoms with Crippen molar-refractivity contribution >= 4 is 21.9 Å². The number of amides is 1. The predicted octanol–water partition coefficient (Wildman–Crippen LogP) is 1.60. The van der Waals surface area contributed by atoms with Crippen LogP contribution in [0.4, 0.5) is 0 Å². The van der Waals surface area contributed by atoms with E-state index in [0.717, 1.165) is 16.7 Å². The van der Waals surface area contributed by atoms with Crippen molar-refractivity contribution in [1.82, 2.24) is 9.62 Å². The number of aliphatic carboxylic acids is 1. The summed E-state index contributed by atoms with van der Waals surface area (Å²) in [4.78, 5) is 23.3. The Balaban J connectivity index is 2.10. The number of sulfonamides is 1. The van der Waals surface area contributed by atoms with Crippen LogP contribution in [0, 0.1) is 26.7 Å². The predicted molar refractivity (Wildman–Crippen MR) is 97.4 cm³/mol. The van der Waals surface area contributed by atoms with Crippen LogP contribution >= 0.6 is 0 Å². The molecule has 0 radical (unpaired) electrons. The fraction of sp³-hybridized carbons (Fsp3) is 0.556. The molecule has 2 rings (SSSR count). The fourth-order valence-corrected chi connectivity index (χ4v) is 5.34. The lowest BCUT2D eigenvalue weighted by atomic mass is 9.97. The Kier molecular flexibility index (Phi) is 6.08. The third-order valence-corrected chi connectivity index (χ3v) is 6.96. The number of nitrogens with zero attached hydrogens (tertiary/aromatic N) is 1. The minimum absolute atomic E-state index is 0.245. The Bertz CT molecular complexity index is 788. The Morgan fingerprint density at radius 3 is 2.12 bits per heavy atom. The lowest BCUT2D eigenvalue weighted by Gasteiger charge is -2.31. The summed E-state index contributed by atoms with van der Waals surface area (Å²) in [5, 5.41) is 11.3. The molecule has 7 nitrogen and oxygen atoms in total. The second-order valence-electron chi connectivity index (χ2n) is 6.97. The van der Waals surface area contributed by atoms with Gasteiger partial charge in [-0.2, -0.15) is 4.31 Å². The van der Waals surface area contributed by atoms with Gasteiger partial charge in [0.15, 0.2) is 0 Å². The minimum atomic E-state index is -3.62. The second kappa shape index (κ2) is 7.75. The first-order chi connectivity index (χ1) is 12.0. The van der Waals surface area contributed by atoms with Gasteiger partial charge >= 0.3 is 5.97 Å². The number of piperidine rings is 1. The summed E-state index contributed by atoms with van der Waals surface area (Å²) < 4.78 is 27.5. The Hall–Kier alpha value is -1.93. The molecular weight excluding hydrogens is 356 g/mol. The van der Waals surface area contributed by atoms with Gasteiger partial charge in [0.05, 0.1) is 4.90 Å². The zero-order valence-electron chi connectivity index (χ0n) is 15.6. The van der Waals surface area contributed by atoms with Gasteiger partial charge in [-0.1, -0.05) is 17.7 Å². The molecular formula is C18H26N2O5S. The molecule has 0 unspecified atom stereocenters. The number of nitrogens with one attached hydrogen (secondary N) is 1. The van der Waals surface area contributed by atoms with Crippen molar-refractivity contribution in [3.8, 4) is 0 Å². The van der Waals surface area contributed by atoms with Crippen LogP contribution in [0.1, 0.15) is 36.5 Å². The summed E-state index contributed by atoms with van der Waals surface area (Å²) in [5.41, 5.74) is 2.46. The number of hydrogen-bond acceptors (Lipinski definition) is 4. The smallest absolute Gasteiger partial charge is 0.325 e. The van der Waals surface area contributed by atoms with Gasteiger partial charge in [0.25, 0.3) is 0 Å². The fourth-order valence-electron chi connectivity index (χ4n) is 3.45. The van der Waals surface area contributed by atoms with Crippen molar-refractivity contribution in [2.75, 3.05) is 13.1 Å². The van der Waals surface area contributed by atoms with E-state index in [-0.39, 0.29) is 24.9 Å². The van der Waals surface area contributed by atoms with Gasteiger partial charge < -0.3 is 10.4 Å². The van der Waals surface area contributed by atoms with Crippen LogP contribution in [0.15, 0.2) is 17.0 Å².